The summed E-state index contributed by atoms with van der Waals surface area (Å²) in [5.74, 6) is 0.702. The predicted octanol–water partition coefficient (Wildman–Crippen LogP) is 3.16. The Morgan fingerprint density at radius 1 is 1.19 bits per heavy atom. The number of aryl methyl sites for hydroxylation is 1. The molecular weight excluding hydrogens is 326 g/mol. The molecule has 0 aliphatic carbocycles. The van der Waals surface area contributed by atoms with Crippen molar-refractivity contribution in [2.75, 3.05) is 13.1 Å². The van der Waals surface area contributed by atoms with E-state index in [2.05, 4.69) is 22.5 Å². The lowest BCUT2D eigenvalue weighted by atomic mass is 9.90. The first kappa shape index (κ1) is 18.4. The van der Waals surface area contributed by atoms with Crippen molar-refractivity contribution in [3.63, 3.8) is 0 Å². The molecule has 3 rings (SSSR count). The van der Waals surface area contributed by atoms with Gasteiger partial charge in [-0.3, -0.25) is 9.78 Å². The minimum Gasteiger partial charge on any atom is -0.477 e. The zero-order valence-electron chi connectivity index (χ0n) is 15.5. The van der Waals surface area contributed by atoms with Gasteiger partial charge < -0.3 is 15.4 Å². The first-order chi connectivity index (χ1) is 12.6. The highest BCUT2D eigenvalue weighted by molar-refractivity contribution is 5.86. The van der Waals surface area contributed by atoms with E-state index in [4.69, 9.17) is 4.74 Å². The number of hydrogen-bond acceptors (Lipinski definition) is 4. The van der Waals surface area contributed by atoms with Crippen LogP contribution in [0.5, 0.6) is 5.75 Å². The lowest BCUT2D eigenvalue weighted by Gasteiger charge is -2.37. The molecule has 2 aromatic rings. The number of nitrogens with one attached hydrogen (secondary N) is 2. The SMILES string of the molecule is CCC(NC(=O)C1(Oc2ccc(C)cc2)CCNCC1)c1ccncc1. The number of benzene rings is 1. The zero-order valence-corrected chi connectivity index (χ0v) is 15.5. The number of amides is 1. The van der Waals surface area contributed by atoms with E-state index in [-0.39, 0.29) is 11.9 Å². The number of nitrogens with zero attached hydrogens (tertiary/aromatic N) is 1. The van der Waals surface area contributed by atoms with E-state index in [0.717, 1.165) is 30.8 Å². The van der Waals surface area contributed by atoms with Crippen LogP contribution < -0.4 is 15.4 Å². The second-order valence-corrected chi connectivity index (χ2v) is 6.87. The maximum atomic E-state index is 13.3. The molecule has 1 aromatic heterocycles. The Morgan fingerprint density at radius 2 is 1.85 bits per heavy atom. The Bertz CT molecular complexity index is 710. The number of pyridine rings is 1. The summed E-state index contributed by atoms with van der Waals surface area (Å²) in [6.07, 6.45) is 5.63. The molecule has 0 spiro atoms. The summed E-state index contributed by atoms with van der Waals surface area (Å²) in [5, 5.41) is 6.53. The molecule has 2 N–H and O–H groups in total. The fraction of sp³-hybridized carbons (Fsp3) is 0.429. The highest BCUT2D eigenvalue weighted by Gasteiger charge is 2.42. The number of piperidine rings is 1. The van der Waals surface area contributed by atoms with E-state index in [9.17, 15) is 4.79 Å². The van der Waals surface area contributed by atoms with E-state index < -0.39 is 5.60 Å². The van der Waals surface area contributed by atoms with Crippen LogP contribution in [0.15, 0.2) is 48.8 Å². The topological polar surface area (TPSA) is 63.2 Å². The fourth-order valence-electron chi connectivity index (χ4n) is 3.34. The third kappa shape index (κ3) is 4.22. The molecule has 1 aliphatic rings. The molecule has 5 nitrogen and oxygen atoms in total. The average Bonchev–Trinajstić information content (AvgIpc) is 2.69. The molecule has 138 valence electrons. The normalized spacial score (nSPS) is 17.3. The van der Waals surface area contributed by atoms with E-state index in [1.807, 2.05) is 43.3 Å². The molecule has 26 heavy (non-hydrogen) atoms. The number of hydrogen-bond donors (Lipinski definition) is 2. The van der Waals surface area contributed by atoms with Gasteiger partial charge in [-0.25, -0.2) is 0 Å². The van der Waals surface area contributed by atoms with Gasteiger partial charge in [0.25, 0.3) is 5.91 Å². The molecule has 1 atom stereocenters. The van der Waals surface area contributed by atoms with Crippen molar-refractivity contribution in [2.24, 2.45) is 0 Å². The summed E-state index contributed by atoms with van der Waals surface area (Å²) in [7, 11) is 0. The maximum Gasteiger partial charge on any atom is 0.264 e. The van der Waals surface area contributed by atoms with Gasteiger partial charge in [-0.15, -0.1) is 0 Å². The summed E-state index contributed by atoms with van der Waals surface area (Å²) in [6.45, 7) is 5.65. The Labute approximate surface area is 155 Å². The molecule has 1 aliphatic heterocycles. The molecule has 0 radical (unpaired) electrons. The number of carbonyl (C=O) groups excluding carboxylic acids is 1. The minimum atomic E-state index is -0.832. The van der Waals surface area contributed by atoms with Crippen LogP contribution >= 0.6 is 0 Å². The van der Waals surface area contributed by atoms with Crippen molar-refractivity contribution in [1.82, 2.24) is 15.6 Å². The van der Waals surface area contributed by atoms with Crippen molar-refractivity contribution < 1.29 is 9.53 Å². The highest BCUT2D eigenvalue weighted by atomic mass is 16.5. The maximum absolute atomic E-state index is 13.3. The molecule has 1 aromatic carbocycles. The van der Waals surface area contributed by atoms with Crippen LogP contribution in [0.25, 0.3) is 0 Å². The lowest BCUT2D eigenvalue weighted by molar-refractivity contribution is -0.140. The Hall–Kier alpha value is -2.40. The van der Waals surface area contributed by atoms with Crippen molar-refractivity contribution in [1.29, 1.82) is 0 Å². The van der Waals surface area contributed by atoms with E-state index in [1.54, 1.807) is 12.4 Å². The first-order valence-electron chi connectivity index (χ1n) is 9.30. The number of rotatable bonds is 6. The summed E-state index contributed by atoms with van der Waals surface area (Å²) in [4.78, 5) is 17.3. The molecular formula is C21H27N3O2. The van der Waals surface area contributed by atoms with Gasteiger partial charge in [-0.2, -0.15) is 0 Å². The van der Waals surface area contributed by atoms with Gasteiger partial charge in [-0.1, -0.05) is 24.6 Å². The number of aromatic nitrogens is 1. The summed E-state index contributed by atoms with van der Waals surface area (Å²) in [6, 6.07) is 11.7. The molecule has 1 unspecified atom stereocenters. The Morgan fingerprint density at radius 3 is 2.46 bits per heavy atom. The van der Waals surface area contributed by atoms with E-state index in [1.165, 1.54) is 5.56 Å². The van der Waals surface area contributed by atoms with Gasteiger partial charge >= 0.3 is 0 Å². The van der Waals surface area contributed by atoms with Crippen molar-refractivity contribution >= 4 is 5.91 Å². The van der Waals surface area contributed by atoms with Crippen LogP contribution in [0.4, 0.5) is 0 Å². The summed E-state index contributed by atoms with van der Waals surface area (Å²) < 4.78 is 6.28. The van der Waals surface area contributed by atoms with Crippen molar-refractivity contribution in [3.05, 3.63) is 59.9 Å². The lowest BCUT2D eigenvalue weighted by Crippen LogP contribution is -2.57. The van der Waals surface area contributed by atoms with E-state index >= 15 is 0 Å². The van der Waals surface area contributed by atoms with Gasteiger partial charge in [0.1, 0.15) is 5.75 Å². The van der Waals surface area contributed by atoms with Gasteiger partial charge in [-0.05, 0) is 56.3 Å². The van der Waals surface area contributed by atoms with Crippen LogP contribution in [0.1, 0.15) is 43.4 Å². The molecule has 2 heterocycles. The molecule has 0 bridgehead atoms. The molecule has 1 saturated heterocycles. The van der Waals surface area contributed by atoms with Crippen LogP contribution in [-0.4, -0.2) is 29.6 Å². The number of carbonyl (C=O) groups is 1. The van der Waals surface area contributed by atoms with Gasteiger partial charge in [0.05, 0.1) is 6.04 Å². The van der Waals surface area contributed by atoms with Crippen molar-refractivity contribution in [2.45, 2.75) is 44.8 Å². The van der Waals surface area contributed by atoms with Crippen LogP contribution in [0, 0.1) is 6.92 Å². The van der Waals surface area contributed by atoms with Gasteiger partial charge in [0.2, 0.25) is 0 Å². The minimum absolute atomic E-state index is 0.0387. The largest absolute Gasteiger partial charge is 0.477 e. The van der Waals surface area contributed by atoms with Crippen LogP contribution in [0.2, 0.25) is 0 Å². The summed E-state index contributed by atoms with van der Waals surface area (Å²) in [5.41, 5.74) is 1.40. The molecule has 0 saturated carbocycles. The quantitative estimate of drug-likeness (QED) is 0.837. The monoisotopic (exact) mass is 353 g/mol. The number of ether oxygens (including phenoxy) is 1. The Balaban J connectivity index is 1.79. The van der Waals surface area contributed by atoms with Gasteiger partial charge in [0.15, 0.2) is 5.60 Å². The summed E-state index contributed by atoms with van der Waals surface area (Å²) >= 11 is 0. The first-order valence-corrected chi connectivity index (χ1v) is 9.30. The van der Waals surface area contributed by atoms with Crippen LogP contribution in [-0.2, 0) is 4.79 Å². The standard InChI is InChI=1S/C21H27N3O2/c1-3-19(17-8-12-22-13-9-17)24-20(25)21(10-14-23-15-11-21)26-18-6-4-16(2)5-7-18/h4-9,12-13,19,23H,3,10-11,14-15H2,1-2H3,(H,24,25). The third-order valence-corrected chi connectivity index (χ3v) is 4.98. The second kappa shape index (κ2) is 8.32. The Kier molecular flexibility index (Phi) is 5.89. The molecule has 1 amide bonds. The van der Waals surface area contributed by atoms with Crippen molar-refractivity contribution in [3.8, 4) is 5.75 Å². The third-order valence-electron chi connectivity index (χ3n) is 4.98. The smallest absolute Gasteiger partial charge is 0.264 e. The fourth-order valence-corrected chi connectivity index (χ4v) is 3.34. The molecule has 5 heteroatoms. The predicted molar refractivity (Wildman–Crippen MR) is 102 cm³/mol. The molecule has 1 fully saturated rings. The average molecular weight is 353 g/mol. The van der Waals surface area contributed by atoms with Crippen LogP contribution in [0.3, 0.4) is 0 Å². The highest BCUT2D eigenvalue weighted by Crippen LogP contribution is 2.28. The second-order valence-electron chi connectivity index (χ2n) is 6.87. The van der Waals surface area contributed by atoms with E-state index in [0.29, 0.717) is 12.8 Å². The van der Waals surface area contributed by atoms with Gasteiger partial charge in [0, 0.05) is 25.2 Å². The zero-order chi connectivity index (χ0) is 18.4.